The third-order valence-electron chi connectivity index (χ3n) is 3.48. The average Bonchev–Trinajstić information content (AvgIpc) is 3.24. The molecule has 0 unspecified atom stereocenters. The molecule has 0 radical (unpaired) electrons. The van der Waals surface area contributed by atoms with Crippen molar-refractivity contribution < 1.29 is 27.8 Å². The summed E-state index contributed by atoms with van der Waals surface area (Å²) in [5.41, 5.74) is 0.893. The van der Waals surface area contributed by atoms with E-state index in [4.69, 9.17) is 4.42 Å². The summed E-state index contributed by atoms with van der Waals surface area (Å²) in [6.07, 6.45) is 2.76. The number of nitrogens with zero attached hydrogens (tertiary/aromatic N) is 4. The van der Waals surface area contributed by atoms with E-state index in [-0.39, 0.29) is 16.7 Å². The number of thioether (sulfide) groups is 1. The number of ether oxygens (including phenoxy) is 1. The summed E-state index contributed by atoms with van der Waals surface area (Å²) in [6, 6.07) is 7.77. The van der Waals surface area contributed by atoms with E-state index in [1.165, 1.54) is 23.2 Å². The molecule has 0 aliphatic heterocycles. The zero-order chi connectivity index (χ0) is 20.1. The highest BCUT2D eigenvalue weighted by atomic mass is 32.2. The van der Waals surface area contributed by atoms with E-state index in [2.05, 4.69) is 20.0 Å². The zero-order valence-corrected chi connectivity index (χ0v) is 15.2. The van der Waals surface area contributed by atoms with E-state index in [1.807, 2.05) is 0 Å². The molecule has 0 fully saturated rings. The van der Waals surface area contributed by atoms with Crippen LogP contribution in [0.4, 0.5) is 8.78 Å². The first-order chi connectivity index (χ1) is 13.5. The van der Waals surface area contributed by atoms with Gasteiger partial charge in [-0.3, -0.25) is 0 Å². The average molecular weight is 407 g/mol. The van der Waals surface area contributed by atoms with E-state index in [1.54, 1.807) is 31.2 Å². The maximum Gasteiger partial charge on any atom is 0.387 e. The quantitative estimate of drug-likeness (QED) is 0.416. The van der Waals surface area contributed by atoms with Crippen LogP contribution in [-0.2, 0) is 4.79 Å². The number of aliphatic carboxylic acids is 1. The van der Waals surface area contributed by atoms with Gasteiger partial charge in [0.1, 0.15) is 11.5 Å². The highest BCUT2D eigenvalue weighted by molar-refractivity contribution is 7.99. The van der Waals surface area contributed by atoms with Crippen LogP contribution in [-0.4, -0.2) is 39.4 Å². The molecule has 8 nitrogen and oxygen atoms in total. The number of carbonyl (C=O) groups excluding carboxylic acids is 1. The van der Waals surface area contributed by atoms with E-state index in [0.29, 0.717) is 22.7 Å². The standard InChI is InChI=1S/C17H14F2N4O4S/c1-10-12(6-7-26-10)15-21-22-17(28-9-14(24)25)23(15)20-8-11-4-2-3-5-13(11)27-16(18)19/h2-8,16H,9H2,1H3,(H,24,25)/p-1/b20-8-. The van der Waals surface area contributed by atoms with Gasteiger partial charge in [0.05, 0.1) is 24.0 Å². The summed E-state index contributed by atoms with van der Waals surface area (Å²) in [5.74, 6) is -0.833. The van der Waals surface area contributed by atoms with Crippen LogP contribution in [0.15, 0.2) is 51.3 Å². The molecule has 0 aliphatic rings. The van der Waals surface area contributed by atoms with Crippen LogP contribution in [0.3, 0.4) is 0 Å². The number of aromatic nitrogens is 3. The van der Waals surface area contributed by atoms with Crippen molar-refractivity contribution in [2.45, 2.75) is 18.7 Å². The largest absolute Gasteiger partial charge is 0.549 e. The Morgan fingerprint density at radius 3 is 2.86 bits per heavy atom. The summed E-state index contributed by atoms with van der Waals surface area (Å²) in [4.78, 5) is 10.8. The van der Waals surface area contributed by atoms with Crippen molar-refractivity contribution in [3.8, 4) is 17.1 Å². The molecule has 28 heavy (non-hydrogen) atoms. The molecule has 0 bridgehead atoms. The first-order valence-electron chi connectivity index (χ1n) is 7.86. The van der Waals surface area contributed by atoms with Gasteiger partial charge in [0.15, 0.2) is 5.82 Å². The predicted octanol–water partition coefficient (Wildman–Crippen LogP) is 2.17. The van der Waals surface area contributed by atoms with Crippen molar-refractivity contribution in [3.05, 3.63) is 47.9 Å². The van der Waals surface area contributed by atoms with Crippen molar-refractivity contribution in [2.75, 3.05) is 5.75 Å². The van der Waals surface area contributed by atoms with Crippen LogP contribution >= 0.6 is 11.8 Å². The van der Waals surface area contributed by atoms with Crippen molar-refractivity contribution >= 4 is 23.9 Å². The molecular weight excluding hydrogens is 394 g/mol. The van der Waals surface area contributed by atoms with Crippen LogP contribution in [0.5, 0.6) is 5.75 Å². The SMILES string of the molecule is Cc1occc1-c1nnc(SCC(=O)[O-])n1/N=C\c1ccccc1OC(F)F. The number of rotatable bonds is 8. The molecule has 3 aromatic rings. The van der Waals surface area contributed by atoms with E-state index in [0.717, 1.165) is 11.8 Å². The maximum absolute atomic E-state index is 12.6. The molecule has 1 aromatic carbocycles. The van der Waals surface area contributed by atoms with Gasteiger partial charge >= 0.3 is 6.61 Å². The Morgan fingerprint density at radius 1 is 1.39 bits per heavy atom. The third-order valence-corrected chi connectivity index (χ3v) is 4.37. The van der Waals surface area contributed by atoms with E-state index < -0.39 is 12.6 Å². The van der Waals surface area contributed by atoms with E-state index in [9.17, 15) is 18.7 Å². The first-order valence-corrected chi connectivity index (χ1v) is 8.85. The van der Waals surface area contributed by atoms with Crippen LogP contribution in [0.2, 0.25) is 0 Å². The van der Waals surface area contributed by atoms with Gasteiger partial charge in [0.25, 0.3) is 0 Å². The summed E-state index contributed by atoms with van der Waals surface area (Å²) in [5, 5.41) is 23.2. The van der Waals surface area contributed by atoms with Crippen molar-refractivity contribution in [3.63, 3.8) is 0 Å². The molecule has 146 valence electrons. The number of carbonyl (C=O) groups is 1. The molecule has 0 N–H and O–H groups in total. The number of alkyl halides is 2. The van der Waals surface area contributed by atoms with Gasteiger partial charge in [-0.1, -0.05) is 23.9 Å². The summed E-state index contributed by atoms with van der Waals surface area (Å²) < 4.78 is 36.2. The summed E-state index contributed by atoms with van der Waals surface area (Å²) in [6.45, 7) is -1.26. The van der Waals surface area contributed by atoms with Crippen LogP contribution in [0.1, 0.15) is 11.3 Å². The van der Waals surface area contributed by atoms with Gasteiger partial charge in [-0.25, -0.2) is 0 Å². The normalized spacial score (nSPS) is 11.4. The number of aryl methyl sites for hydroxylation is 1. The molecule has 0 saturated carbocycles. The number of carboxylic acid groups (broad SMARTS) is 1. The molecule has 0 amide bonds. The van der Waals surface area contributed by atoms with Crippen molar-refractivity contribution in [1.29, 1.82) is 0 Å². The minimum absolute atomic E-state index is 0.0562. The number of halogens is 2. The number of furan rings is 1. The molecular formula is C17H13F2N4O4S-. The predicted molar refractivity (Wildman–Crippen MR) is 94.3 cm³/mol. The number of benzene rings is 1. The smallest absolute Gasteiger partial charge is 0.387 e. The number of hydrogen-bond donors (Lipinski definition) is 0. The van der Waals surface area contributed by atoms with Gasteiger partial charge in [-0.15, -0.1) is 10.2 Å². The molecule has 2 heterocycles. The lowest BCUT2D eigenvalue weighted by molar-refractivity contribution is -0.301. The number of para-hydroxylation sites is 1. The highest BCUT2D eigenvalue weighted by Crippen LogP contribution is 2.27. The lowest BCUT2D eigenvalue weighted by Gasteiger charge is -2.08. The minimum atomic E-state index is -2.98. The lowest BCUT2D eigenvalue weighted by atomic mass is 10.2. The van der Waals surface area contributed by atoms with Crippen molar-refractivity contribution in [1.82, 2.24) is 14.9 Å². The van der Waals surface area contributed by atoms with Crippen LogP contribution in [0, 0.1) is 6.92 Å². The van der Waals surface area contributed by atoms with E-state index >= 15 is 0 Å². The third kappa shape index (κ3) is 4.55. The Labute approximate surface area is 161 Å². The summed E-state index contributed by atoms with van der Waals surface area (Å²) >= 11 is 0.861. The molecule has 0 saturated heterocycles. The molecule has 3 rings (SSSR count). The summed E-state index contributed by atoms with van der Waals surface area (Å²) in [7, 11) is 0. The monoisotopic (exact) mass is 407 g/mol. The lowest BCUT2D eigenvalue weighted by Crippen LogP contribution is -2.24. The highest BCUT2D eigenvalue weighted by Gasteiger charge is 2.17. The second-order valence-electron chi connectivity index (χ2n) is 5.33. The van der Waals surface area contributed by atoms with Gasteiger partial charge in [-0.05, 0) is 25.1 Å². The number of hydrogen-bond acceptors (Lipinski definition) is 8. The maximum atomic E-state index is 12.6. The zero-order valence-electron chi connectivity index (χ0n) is 14.4. The minimum Gasteiger partial charge on any atom is -0.549 e. The van der Waals surface area contributed by atoms with Gasteiger partial charge in [-0.2, -0.15) is 18.6 Å². The second-order valence-corrected chi connectivity index (χ2v) is 6.27. The van der Waals surface area contributed by atoms with Crippen LogP contribution < -0.4 is 9.84 Å². The molecule has 2 aromatic heterocycles. The molecule has 0 aliphatic carbocycles. The fourth-order valence-corrected chi connectivity index (χ4v) is 2.88. The molecule has 11 heteroatoms. The first kappa shape index (κ1) is 19.5. The Balaban J connectivity index is 2.00. The van der Waals surface area contributed by atoms with Gasteiger partial charge in [0, 0.05) is 11.3 Å². The Hall–Kier alpha value is -3.21. The molecule has 0 spiro atoms. The molecule has 0 atom stereocenters. The van der Waals surface area contributed by atoms with Crippen LogP contribution in [0.25, 0.3) is 11.4 Å². The Kier molecular flexibility index (Phi) is 6.04. The Morgan fingerprint density at radius 2 is 2.18 bits per heavy atom. The fourth-order valence-electron chi connectivity index (χ4n) is 2.28. The number of carboxylic acids is 1. The Bertz CT molecular complexity index is 1000. The second kappa shape index (κ2) is 8.65. The topological polar surface area (TPSA) is 106 Å². The van der Waals surface area contributed by atoms with Gasteiger partial charge in [0.2, 0.25) is 5.16 Å². The fraction of sp³-hybridized carbons (Fsp3) is 0.176. The van der Waals surface area contributed by atoms with Crippen molar-refractivity contribution in [2.24, 2.45) is 5.10 Å². The van der Waals surface area contributed by atoms with Gasteiger partial charge < -0.3 is 19.1 Å².